The fourth-order valence-corrected chi connectivity index (χ4v) is 1.94. The minimum absolute atomic E-state index is 0.479. The van der Waals surface area contributed by atoms with Crippen LogP contribution in [0.3, 0.4) is 0 Å². The van der Waals surface area contributed by atoms with Gasteiger partial charge in [-0.05, 0) is 29.5 Å². The molecule has 0 atom stereocenters. The van der Waals surface area contributed by atoms with E-state index in [-0.39, 0.29) is 0 Å². The van der Waals surface area contributed by atoms with Crippen molar-refractivity contribution in [1.82, 2.24) is 20.2 Å². The molecule has 3 aromatic rings. The number of anilines is 1. The first-order valence-electron chi connectivity index (χ1n) is 6.13. The fraction of sp³-hybridized carbons (Fsp3) is 0.154. The van der Waals surface area contributed by atoms with Crippen LogP contribution in [0, 0.1) is 0 Å². The average molecular weight is 290 g/mol. The number of hydrogen-bond acceptors (Lipinski definition) is 5. The van der Waals surface area contributed by atoms with Crippen molar-refractivity contribution < 1.29 is 4.42 Å². The lowest BCUT2D eigenvalue weighted by molar-refractivity contribution is 0.537. The quantitative estimate of drug-likeness (QED) is 0.782. The molecular formula is C13H12ClN5O. The van der Waals surface area contributed by atoms with Gasteiger partial charge in [0.15, 0.2) is 5.76 Å². The van der Waals surface area contributed by atoms with E-state index in [2.05, 4.69) is 20.7 Å². The van der Waals surface area contributed by atoms with Crippen LogP contribution in [-0.2, 0) is 6.54 Å². The van der Waals surface area contributed by atoms with Crippen LogP contribution in [0.4, 0.5) is 5.69 Å². The zero-order chi connectivity index (χ0) is 13.8. The van der Waals surface area contributed by atoms with Crippen molar-refractivity contribution in [2.45, 2.75) is 6.54 Å². The van der Waals surface area contributed by atoms with Gasteiger partial charge in [-0.2, -0.15) is 4.80 Å². The van der Waals surface area contributed by atoms with Crippen molar-refractivity contribution in [1.29, 1.82) is 0 Å². The third-order valence-electron chi connectivity index (χ3n) is 2.70. The molecule has 0 spiro atoms. The Balaban J connectivity index is 1.58. The van der Waals surface area contributed by atoms with E-state index < -0.39 is 0 Å². The van der Waals surface area contributed by atoms with Crippen molar-refractivity contribution in [2.24, 2.45) is 0 Å². The summed E-state index contributed by atoms with van der Waals surface area (Å²) in [6.45, 7) is 1.23. The van der Waals surface area contributed by atoms with Crippen molar-refractivity contribution in [3.8, 4) is 11.6 Å². The molecule has 0 aliphatic carbocycles. The predicted octanol–water partition coefficient (Wildman–Crippen LogP) is 2.70. The highest BCUT2D eigenvalue weighted by atomic mass is 35.5. The summed E-state index contributed by atoms with van der Waals surface area (Å²) in [6.07, 6.45) is 1.58. The molecule has 2 aromatic heterocycles. The van der Waals surface area contributed by atoms with Crippen molar-refractivity contribution in [2.75, 3.05) is 11.9 Å². The second kappa shape index (κ2) is 5.75. The van der Waals surface area contributed by atoms with E-state index in [0.29, 0.717) is 29.7 Å². The van der Waals surface area contributed by atoms with Crippen molar-refractivity contribution in [3.05, 3.63) is 47.7 Å². The highest BCUT2D eigenvalue weighted by molar-refractivity contribution is 6.33. The summed E-state index contributed by atoms with van der Waals surface area (Å²) in [5, 5.41) is 16.1. The molecule has 0 fully saturated rings. The van der Waals surface area contributed by atoms with Gasteiger partial charge in [0.25, 0.3) is 0 Å². The number of nitrogens with zero attached hydrogens (tertiary/aromatic N) is 4. The van der Waals surface area contributed by atoms with Crippen molar-refractivity contribution >= 4 is 17.3 Å². The van der Waals surface area contributed by atoms with E-state index in [1.54, 1.807) is 18.4 Å². The molecule has 6 nitrogen and oxygen atoms in total. The van der Waals surface area contributed by atoms with Crippen LogP contribution >= 0.6 is 11.6 Å². The summed E-state index contributed by atoms with van der Waals surface area (Å²) in [5.41, 5.74) is 0.889. The summed E-state index contributed by atoms with van der Waals surface area (Å²) in [5.74, 6) is 1.09. The summed E-state index contributed by atoms with van der Waals surface area (Å²) in [4.78, 5) is 1.52. The number of furan rings is 1. The van der Waals surface area contributed by atoms with Gasteiger partial charge in [-0.15, -0.1) is 10.2 Å². The fourth-order valence-electron chi connectivity index (χ4n) is 1.74. The molecule has 0 saturated heterocycles. The van der Waals surface area contributed by atoms with Gasteiger partial charge < -0.3 is 9.73 Å². The first-order chi connectivity index (χ1) is 9.83. The Bertz CT molecular complexity index is 680. The van der Waals surface area contributed by atoms with E-state index in [9.17, 15) is 0 Å². The molecule has 7 heteroatoms. The summed E-state index contributed by atoms with van der Waals surface area (Å²) in [7, 11) is 0. The lowest BCUT2D eigenvalue weighted by Gasteiger charge is -2.06. The maximum atomic E-state index is 6.05. The van der Waals surface area contributed by atoms with Crippen LogP contribution in [-0.4, -0.2) is 26.8 Å². The maximum Gasteiger partial charge on any atom is 0.240 e. The minimum atomic E-state index is 0.479. The van der Waals surface area contributed by atoms with Gasteiger partial charge in [0.2, 0.25) is 5.82 Å². The zero-order valence-corrected chi connectivity index (χ0v) is 11.3. The van der Waals surface area contributed by atoms with Crippen LogP contribution in [0.5, 0.6) is 0 Å². The van der Waals surface area contributed by atoms with E-state index in [0.717, 1.165) is 5.69 Å². The maximum absolute atomic E-state index is 6.05. The first kappa shape index (κ1) is 12.7. The van der Waals surface area contributed by atoms with E-state index in [1.165, 1.54) is 4.80 Å². The molecule has 0 radical (unpaired) electrons. The smallest absolute Gasteiger partial charge is 0.240 e. The van der Waals surface area contributed by atoms with Crippen LogP contribution < -0.4 is 5.32 Å². The van der Waals surface area contributed by atoms with Gasteiger partial charge in [0.1, 0.15) is 0 Å². The number of para-hydroxylation sites is 1. The number of halogens is 1. The van der Waals surface area contributed by atoms with Gasteiger partial charge in [-0.1, -0.05) is 23.7 Å². The highest BCUT2D eigenvalue weighted by Crippen LogP contribution is 2.20. The largest absolute Gasteiger partial charge is 0.461 e. The number of aromatic nitrogens is 4. The Kier molecular flexibility index (Phi) is 3.64. The van der Waals surface area contributed by atoms with Crippen molar-refractivity contribution in [3.63, 3.8) is 0 Å². The zero-order valence-electron chi connectivity index (χ0n) is 10.5. The van der Waals surface area contributed by atoms with Gasteiger partial charge in [-0.25, -0.2) is 0 Å². The molecule has 1 N–H and O–H groups in total. The summed E-state index contributed by atoms with van der Waals surface area (Å²) in [6, 6.07) is 11.2. The molecule has 2 heterocycles. The third kappa shape index (κ3) is 2.80. The monoisotopic (exact) mass is 289 g/mol. The normalized spacial score (nSPS) is 10.7. The lowest BCUT2D eigenvalue weighted by Crippen LogP contribution is -2.13. The Morgan fingerprint density at radius 3 is 2.90 bits per heavy atom. The molecule has 0 aliphatic heterocycles. The number of tetrazole rings is 1. The molecular weight excluding hydrogens is 278 g/mol. The molecule has 0 aliphatic rings. The second-order valence-corrected chi connectivity index (χ2v) is 4.50. The number of nitrogens with one attached hydrogen (secondary N) is 1. The molecule has 0 amide bonds. The number of hydrogen-bond donors (Lipinski definition) is 1. The molecule has 0 bridgehead atoms. The number of benzene rings is 1. The Morgan fingerprint density at radius 2 is 2.10 bits per heavy atom. The van der Waals surface area contributed by atoms with Gasteiger partial charge >= 0.3 is 0 Å². The second-order valence-electron chi connectivity index (χ2n) is 4.09. The standard InChI is InChI=1S/C13H12ClN5O/c14-10-4-1-2-5-11(10)15-7-8-19-17-13(16-18-19)12-6-3-9-20-12/h1-6,9,15H,7-8H2. The van der Waals surface area contributed by atoms with E-state index >= 15 is 0 Å². The van der Waals surface area contributed by atoms with Crippen LogP contribution in [0.25, 0.3) is 11.6 Å². The van der Waals surface area contributed by atoms with Gasteiger partial charge in [-0.3, -0.25) is 0 Å². The minimum Gasteiger partial charge on any atom is -0.461 e. The topological polar surface area (TPSA) is 68.8 Å². The molecule has 20 heavy (non-hydrogen) atoms. The Hall–Kier alpha value is -2.34. The SMILES string of the molecule is Clc1ccccc1NCCn1nnc(-c2ccco2)n1. The van der Waals surface area contributed by atoms with E-state index in [4.69, 9.17) is 16.0 Å². The summed E-state index contributed by atoms with van der Waals surface area (Å²) < 4.78 is 5.21. The van der Waals surface area contributed by atoms with Gasteiger partial charge in [0.05, 0.1) is 23.5 Å². The number of rotatable bonds is 5. The first-order valence-corrected chi connectivity index (χ1v) is 6.51. The molecule has 0 saturated carbocycles. The van der Waals surface area contributed by atoms with Crippen LogP contribution in [0.1, 0.15) is 0 Å². The van der Waals surface area contributed by atoms with Crippen LogP contribution in [0.2, 0.25) is 5.02 Å². The third-order valence-corrected chi connectivity index (χ3v) is 3.03. The molecule has 102 valence electrons. The predicted molar refractivity (Wildman–Crippen MR) is 75.5 cm³/mol. The lowest BCUT2D eigenvalue weighted by atomic mass is 10.3. The highest BCUT2D eigenvalue weighted by Gasteiger charge is 2.07. The molecule has 3 rings (SSSR count). The van der Waals surface area contributed by atoms with E-state index in [1.807, 2.05) is 24.3 Å². The van der Waals surface area contributed by atoms with Gasteiger partial charge in [0, 0.05) is 6.54 Å². The molecule has 0 unspecified atom stereocenters. The Labute approximate surface area is 120 Å². The average Bonchev–Trinajstić information content (AvgIpc) is 3.11. The Morgan fingerprint density at radius 1 is 1.20 bits per heavy atom. The van der Waals surface area contributed by atoms with Crippen LogP contribution in [0.15, 0.2) is 47.1 Å². The molecule has 1 aromatic carbocycles. The summed E-state index contributed by atoms with van der Waals surface area (Å²) >= 11 is 6.05.